The molecule has 0 heterocycles. The van der Waals surface area contributed by atoms with E-state index in [1.54, 1.807) is 12.1 Å². The Morgan fingerprint density at radius 3 is 2.62 bits per heavy atom. The zero-order chi connectivity index (χ0) is 18.4. The zero-order valence-electron chi connectivity index (χ0n) is 14.2. The van der Waals surface area contributed by atoms with E-state index in [0.717, 1.165) is 23.1 Å². The van der Waals surface area contributed by atoms with Gasteiger partial charge in [0.1, 0.15) is 5.75 Å². The van der Waals surface area contributed by atoms with Crippen LogP contribution < -0.4 is 10.1 Å². The number of rotatable bonds is 8. The number of hydrogen-bond donors (Lipinski definition) is 2. The van der Waals surface area contributed by atoms with Crippen molar-refractivity contribution in [2.75, 3.05) is 18.5 Å². The van der Waals surface area contributed by atoms with Crippen LogP contribution in [0.4, 0.5) is 5.69 Å². The van der Waals surface area contributed by atoms with Gasteiger partial charge in [-0.25, -0.2) is 4.79 Å². The molecule has 3 rings (SSSR count). The predicted molar refractivity (Wildman–Crippen MR) is 108 cm³/mol. The van der Waals surface area contributed by atoms with Gasteiger partial charge in [0.05, 0.1) is 12.2 Å². The molecule has 0 spiro atoms. The molecule has 0 amide bonds. The van der Waals surface area contributed by atoms with Gasteiger partial charge < -0.3 is 15.2 Å². The highest BCUT2D eigenvalue weighted by molar-refractivity contribution is 9.10. The van der Waals surface area contributed by atoms with Gasteiger partial charge in [-0.05, 0) is 53.9 Å². The molecule has 0 unspecified atom stereocenters. The Morgan fingerprint density at radius 2 is 1.81 bits per heavy atom. The maximum absolute atomic E-state index is 11.3. The summed E-state index contributed by atoms with van der Waals surface area (Å²) in [7, 11) is 0. The van der Waals surface area contributed by atoms with E-state index in [2.05, 4.69) is 45.5 Å². The summed E-state index contributed by atoms with van der Waals surface area (Å²) >= 11 is 3.30. The zero-order valence-corrected chi connectivity index (χ0v) is 15.8. The molecule has 0 bridgehead atoms. The van der Waals surface area contributed by atoms with Crippen molar-refractivity contribution < 1.29 is 14.6 Å². The third-order valence-corrected chi connectivity index (χ3v) is 4.58. The number of benzene rings is 3. The van der Waals surface area contributed by atoms with E-state index in [1.165, 1.54) is 10.8 Å². The molecule has 3 aromatic carbocycles. The molecule has 0 aliphatic heterocycles. The number of hydrogen-bond acceptors (Lipinski definition) is 3. The summed E-state index contributed by atoms with van der Waals surface area (Å²) in [6, 6.07) is 19.5. The molecule has 134 valence electrons. The molecule has 0 saturated carbocycles. The van der Waals surface area contributed by atoms with Crippen LogP contribution in [0, 0.1) is 0 Å². The van der Waals surface area contributed by atoms with Crippen molar-refractivity contribution in [2.45, 2.75) is 12.8 Å². The first-order valence-corrected chi connectivity index (χ1v) is 9.31. The lowest BCUT2D eigenvalue weighted by atomic mass is 10.1. The summed E-state index contributed by atoms with van der Waals surface area (Å²) in [4.78, 5) is 11.3. The highest BCUT2D eigenvalue weighted by Gasteiger charge is 2.09. The monoisotopic (exact) mass is 413 g/mol. The van der Waals surface area contributed by atoms with E-state index in [0.29, 0.717) is 18.8 Å². The Labute approximate surface area is 160 Å². The van der Waals surface area contributed by atoms with Crippen LogP contribution in [0.25, 0.3) is 10.8 Å². The minimum absolute atomic E-state index is 0.270. The van der Waals surface area contributed by atoms with Gasteiger partial charge in [-0.15, -0.1) is 0 Å². The fourth-order valence-electron chi connectivity index (χ4n) is 2.74. The third-order valence-electron chi connectivity index (χ3n) is 4.09. The quantitative estimate of drug-likeness (QED) is 0.473. The maximum atomic E-state index is 11.3. The Balaban J connectivity index is 1.44. The average molecular weight is 414 g/mol. The Kier molecular flexibility index (Phi) is 6.12. The third kappa shape index (κ3) is 4.76. The normalized spacial score (nSPS) is 10.7. The number of anilines is 1. The highest BCUT2D eigenvalue weighted by Crippen LogP contribution is 2.22. The van der Waals surface area contributed by atoms with Crippen molar-refractivity contribution in [2.24, 2.45) is 0 Å². The smallest absolute Gasteiger partial charge is 0.337 e. The molecule has 2 N–H and O–H groups in total. The Bertz CT molecular complexity index is 911. The first kappa shape index (κ1) is 18.3. The number of fused-ring (bicyclic) bond motifs is 1. The van der Waals surface area contributed by atoms with Gasteiger partial charge in [0.2, 0.25) is 0 Å². The van der Waals surface area contributed by atoms with E-state index in [9.17, 15) is 9.90 Å². The van der Waals surface area contributed by atoms with Crippen LogP contribution in [0.5, 0.6) is 5.75 Å². The van der Waals surface area contributed by atoms with Crippen LogP contribution in [-0.4, -0.2) is 24.2 Å². The number of carboxylic acid groups (broad SMARTS) is 1. The molecule has 0 saturated heterocycles. The van der Waals surface area contributed by atoms with Crippen molar-refractivity contribution >= 4 is 38.4 Å². The summed E-state index contributed by atoms with van der Waals surface area (Å²) < 4.78 is 6.57. The molecular formula is C21H20BrNO3. The molecule has 0 radical (unpaired) electrons. The molecule has 0 aromatic heterocycles. The second-order valence-corrected chi connectivity index (χ2v) is 6.90. The number of aromatic carboxylic acids is 1. The van der Waals surface area contributed by atoms with Crippen LogP contribution in [0.1, 0.15) is 23.2 Å². The average Bonchev–Trinajstić information content (AvgIpc) is 2.65. The number of unbranched alkanes of at least 4 members (excludes halogenated alkanes) is 1. The van der Waals surface area contributed by atoms with Crippen LogP contribution in [0.15, 0.2) is 65.1 Å². The topological polar surface area (TPSA) is 58.6 Å². The van der Waals surface area contributed by atoms with Gasteiger partial charge in [-0.1, -0.05) is 46.3 Å². The maximum Gasteiger partial charge on any atom is 0.337 e. The molecule has 26 heavy (non-hydrogen) atoms. The molecule has 0 aliphatic rings. The second kappa shape index (κ2) is 8.72. The van der Waals surface area contributed by atoms with E-state index in [-0.39, 0.29) is 5.56 Å². The lowest BCUT2D eigenvalue weighted by Crippen LogP contribution is -2.09. The summed E-state index contributed by atoms with van der Waals surface area (Å²) in [6.45, 7) is 1.33. The number of carbonyl (C=O) groups is 1. The van der Waals surface area contributed by atoms with Crippen molar-refractivity contribution in [3.63, 3.8) is 0 Å². The minimum atomic E-state index is -0.937. The molecule has 4 nitrogen and oxygen atoms in total. The summed E-state index contributed by atoms with van der Waals surface area (Å²) in [5, 5.41) is 14.8. The fraction of sp³-hybridized carbons (Fsp3) is 0.190. The molecule has 0 fully saturated rings. The van der Waals surface area contributed by atoms with Crippen molar-refractivity contribution in [1.82, 2.24) is 0 Å². The van der Waals surface area contributed by atoms with Crippen LogP contribution in [-0.2, 0) is 0 Å². The SMILES string of the molecule is O=C(O)c1cc(Br)ccc1NCCCCOc1ccc2ccccc2c1. The molecular weight excluding hydrogens is 394 g/mol. The number of carboxylic acids is 1. The summed E-state index contributed by atoms with van der Waals surface area (Å²) in [5.41, 5.74) is 0.905. The van der Waals surface area contributed by atoms with Gasteiger partial charge in [0.15, 0.2) is 0 Å². The lowest BCUT2D eigenvalue weighted by Gasteiger charge is -2.11. The molecule has 3 aromatic rings. The van der Waals surface area contributed by atoms with Crippen LogP contribution in [0.2, 0.25) is 0 Å². The largest absolute Gasteiger partial charge is 0.494 e. The predicted octanol–water partition coefficient (Wildman–Crippen LogP) is 5.57. The van der Waals surface area contributed by atoms with E-state index in [4.69, 9.17) is 4.74 Å². The molecule has 0 aliphatic carbocycles. The van der Waals surface area contributed by atoms with Crippen LogP contribution >= 0.6 is 15.9 Å². The van der Waals surface area contributed by atoms with Crippen molar-refractivity contribution in [3.05, 3.63) is 70.7 Å². The van der Waals surface area contributed by atoms with E-state index >= 15 is 0 Å². The van der Waals surface area contributed by atoms with Gasteiger partial charge in [0, 0.05) is 16.7 Å². The Hall–Kier alpha value is -2.53. The van der Waals surface area contributed by atoms with Gasteiger partial charge in [-0.3, -0.25) is 0 Å². The number of halogens is 1. The second-order valence-electron chi connectivity index (χ2n) is 5.99. The minimum Gasteiger partial charge on any atom is -0.494 e. The number of nitrogens with one attached hydrogen (secondary N) is 1. The van der Waals surface area contributed by atoms with E-state index < -0.39 is 5.97 Å². The summed E-state index contributed by atoms with van der Waals surface area (Å²) in [6.07, 6.45) is 1.78. The van der Waals surface area contributed by atoms with Gasteiger partial charge in [0.25, 0.3) is 0 Å². The van der Waals surface area contributed by atoms with Crippen molar-refractivity contribution in [1.29, 1.82) is 0 Å². The Morgan fingerprint density at radius 1 is 1.00 bits per heavy atom. The standard InChI is InChI=1S/C21H20BrNO3/c22-17-8-10-20(19(14-17)21(24)25)23-11-3-4-12-26-18-9-7-15-5-1-2-6-16(15)13-18/h1-2,5-10,13-14,23H,3-4,11-12H2,(H,24,25). The molecule has 0 atom stereocenters. The lowest BCUT2D eigenvalue weighted by molar-refractivity contribution is 0.0698. The number of ether oxygens (including phenoxy) is 1. The first-order chi connectivity index (χ1) is 12.6. The first-order valence-electron chi connectivity index (χ1n) is 8.52. The summed E-state index contributed by atoms with van der Waals surface area (Å²) in [5.74, 6) is -0.0637. The van der Waals surface area contributed by atoms with Crippen molar-refractivity contribution in [3.8, 4) is 5.75 Å². The van der Waals surface area contributed by atoms with Gasteiger partial charge in [-0.2, -0.15) is 0 Å². The van der Waals surface area contributed by atoms with Crippen LogP contribution in [0.3, 0.4) is 0 Å². The fourth-order valence-corrected chi connectivity index (χ4v) is 3.11. The highest BCUT2D eigenvalue weighted by atomic mass is 79.9. The van der Waals surface area contributed by atoms with E-state index in [1.807, 2.05) is 24.3 Å². The molecule has 5 heteroatoms. The van der Waals surface area contributed by atoms with Gasteiger partial charge >= 0.3 is 5.97 Å².